The zero-order valence-electron chi connectivity index (χ0n) is 14.1. The van der Waals surface area contributed by atoms with Crippen molar-refractivity contribution in [3.05, 3.63) is 16.1 Å². The Kier molecular flexibility index (Phi) is 10.8. The highest BCUT2D eigenvalue weighted by molar-refractivity contribution is 7.09. The largest absolute Gasteiger partial charge is 0.396 e. The molecule has 0 bridgehead atoms. The van der Waals surface area contributed by atoms with Gasteiger partial charge in [0.05, 0.1) is 4.88 Å². The number of aliphatic hydroxyl groups is 1. The van der Waals surface area contributed by atoms with Crippen molar-refractivity contribution in [2.24, 2.45) is 0 Å². The summed E-state index contributed by atoms with van der Waals surface area (Å²) >= 11 is 1.79. The summed E-state index contributed by atoms with van der Waals surface area (Å²) in [6.45, 7) is 5.86. The molecule has 0 saturated heterocycles. The molecule has 21 heavy (non-hydrogen) atoms. The van der Waals surface area contributed by atoms with Gasteiger partial charge in [-0.1, -0.05) is 69.6 Å². The molecule has 3 heteroatoms. The van der Waals surface area contributed by atoms with Gasteiger partial charge in [0, 0.05) is 26.4 Å². The second-order valence-electron chi connectivity index (χ2n) is 6.08. The minimum atomic E-state index is 0.264. The minimum absolute atomic E-state index is 0.264. The highest BCUT2D eigenvalue weighted by Crippen LogP contribution is 2.13. The van der Waals surface area contributed by atoms with E-state index in [1.54, 1.807) is 11.3 Å². The van der Waals surface area contributed by atoms with E-state index >= 15 is 0 Å². The molecule has 1 heterocycles. The molecule has 2 nitrogen and oxygen atoms in total. The Hall–Kier alpha value is -0.410. The lowest BCUT2D eigenvalue weighted by Crippen LogP contribution is -2.34. The van der Waals surface area contributed by atoms with E-state index in [-0.39, 0.29) is 6.61 Å². The van der Waals surface area contributed by atoms with Crippen LogP contribution in [0.4, 0.5) is 0 Å². The second kappa shape index (κ2) is 12.2. The van der Waals surface area contributed by atoms with Crippen molar-refractivity contribution in [1.29, 1.82) is 0 Å². The molecule has 0 spiro atoms. The predicted molar refractivity (Wildman–Crippen MR) is 91.9 cm³/mol. The highest BCUT2D eigenvalue weighted by atomic mass is 32.1. The van der Waals surface area contributed by atoms with E-state index in [2.05, 4.69) is 23.9 Å². The van der Waals surface area contributed by atoms with Crippen LogP contribution in [0.1, 0.15) is 81.7 Å². The van der Waals surface area contributed by atoms with Crippen molar-refractivity contribution in [2.75, 3.05) is 6.61 Å². The van der Waals surface area contributed by atoms with Crippen molar-refractivity contribution in [3.63, 3.8) is 0 Å². The van der Waals surface area contributed by atoms with Crippen LogP contribution < -0.4 is 4.57 Å². The molecule has 122 valence electrons. The number of aryl methyl sites for hydroxylation is 1. The van der Waals surface area contributed by atoms with Gasteiger partial charge >= 0.3 is 0 Å². The number of aromatic nitrogens is 1. The van der Waals surface area contributed by atoms with Crippen LogP contribution in [-0.4, -0.2) is 11.7 Å². The van der Waals surface area contributed by atoms with Crippen LogP contribution in [0.5, 0.6) is 0 Å². The number of hydrogen-bond donors (Lipinski definition) is 1. The fourth-order valence-electron chi connectivity index (χ4n) is 2.78. The van der Waals surface area contributed by atoms with Gasteiger partial charge in [-0.05, 0) is 6.42 Å². The molecule has 0 atom stereocenters. The average molecular weight is 313 g/mol. The molecule has 0 fully saturated rings. The summed E-state index contributed by atoms with van der Waals surface area (Å²) in [4.78, 5) is 1.34. The van der Waals surface area contributed by atoms with Gasteiger partial charge in [0.25, 0.3) is 0 Å². The first kappa shape index (κ1) is 18.6. The van der Waals surface area contributed by atoms with Gasteiger partial charge in [-0.3, -0.25) is 0 Å². The summed E-state index contributed by atoms with van der Waals surface area (Å²) < 4.78 is 2.36. The summed E-state index contributed by atoms with van der Waals surface area (Å²) in [5.41, 5.74) is 3.57. The van der Waals surface area contributed by atoms with Crippen molar-refractivity contribution in [1.82, 2.24) is 0 Å². The summed E-state index contributed by atoms with van der Waals surface area (Å²) in [5, 5.41) is 9.02. The predicted octanol–water partition coefficient (Wildman–Crippen LogP) is 4.80. The van der Waals surface area contributed by atoms with Crippen molar-refractivity contribution in [3.8, 4) is 0 Å². The third-order valence-electron chi connectivity index (χ3n) is 4.25. The van der Waals surface area contributed by atoms with Gasteiger partial charge in [-0.15, -0.1) is 0 Å². The maximum Gasteiger partial charge on any atom is 0.225 e. The number of thiazole rings is 1. The maximum absolute atomic E-state index is 9.02. The van der Waals surface area contributed by atoms with Crippen molar-refractivity contribution in [2.45, 2.75) is 91.0 Å². The van der Waals surface area contributed by atoms with E-state index in [9.17, 15) is 0 Å². The van der Waals surface area contributed by atoms with E-state index in [4.69, 9.17) is 5.11 Å². The van der Waals surface area contributed by atoms with Crippen LogP contribution in [0, 0.1) is 6.92 Å². The number of rotatable bonds is 13. The molecule has 0 unspecified atom stereocenters. The quantitative estimate of drug-likeness (QED) is 0.410. The smallest absolute Gasteiger partial charge is 0.225 e. The van der Waals surface area contributed by atoms with Gasteiger partial charge in [-0.25, -0.2) is 0 Å². The summed E-state index contributed by atoms with van der Waals surface area (Å²) in [7, 11) is 0. The summed E-state index contributed by atoms with van der Waals surface area (Å²) in [5.74, 6) is 0. The fraction of sp³-hybridized carbons (Fsp3) is 0.833. The molecule has 1 aromatic heterocycles. The zero-order valence-corrected chi connectivity index (χ0v) is 14.9. The van der Waals surface area contributed by atoms with E-state index in [0.29, 0.717) is 0 Å². The third kappa shape index (κ3) is 7.96. The Morgan fingerprint density at radius 3 is 2.10 bits per heavy atom. The van der Waals surface area contributed by atoms with Crippen LogP contribution >= 0.6 is 11.3 Å². The Bertz CT molecular complexity index is 362. The van der Waals surface area contributed by atoms with E-state index in [1.165, 1.54) is 74.8 Å². The molecule has 0 amide bonds. The van der Waals surface area contributed by atoms with E-state index in [1.807, 2.05) is 0 Å². The van der Waals surface area contributed by atoms with Crippen LogP contribution in [0.25, 0.3) is 0 Å². The average Bonchev–Trinajstić information content (AvgIpc) is 2.83. The SMILES string of the molecule is CCCCCCCCCCCC[n+]1csc(CCO)c1C. The molecule has 1 N–H and O–H groups in total. The summed E-state index contributed by atoms with van der Waals surface area (Å²) in [6, 6.07) is 0. The number of hydrogen-bond acceptors (Lipinski definition) is 2. The first-order valence-electron chi connectivity index (χ1n) is 8.86. The molecule has 1 aromatic rings. The standard InChI is InChI=1S/C18H34NOS/c1-3-4-5-6-7-8-9-10-11-12-14-19-16-21-18(13-15-20)17(19)2/h16,20H,3-15H2,1-2H3/q+1. The molecule has 0 radical (unpaired) electrons. The number of aliphatic hydroxyl groups excluding tert-OH is 1. The van der Waals surface area contributed by atoms with Gasteiger partial charge in [0.2, 0.25) is 5.51 Å². The van der Waals surface area contributed by atoms with Crippen LogP contribution in [-0.2, 0) is 13.0 Å². The Balaban J connectivity index is 1.99. The van der Waals surface area contributed by atoms with E-state index < -0.39 is 0 Å². The van der Waals surface area contributed by atoms with Crippen molar-refractivity contribution < 1.29 is 9.67 Å². The van der Waals surface area contributed by atoms with Crippen molar-refractivity contribution >= 4 is 11.3 Å². The van der Waals surface area contributed by atoms with Gasteiger partial charge in [0.1, 0.15) is 6.54 Å². The molecule has 0 aliphatic rings. The zero-order chi connectivity index (χ0) is 15.3. The van der Waals surface area contributed by atoms with Gasteiger partial charge in [0.15, 0.2) is 5.69 Å². The molecule has 1 rings (SSSR count). The normalized spacial score (nSPS) is 11.2. The lowest BCUT2D eigenvalue weighted by atomic mass is 10.1. The maximum atomic E-state index is 9.02. The first-order chi connectivity index (χ1) is 10.3. The first-order valence-corrected chi connectivity index (χ1v) is 9.74. The van der Waals surface area contributed by atoms with Crippen LogP contribution in [0.2, 0.25) is 0 Å². The summed E-state index contributed by atoms with van der Waals surface area (Å²) in [6.07, 6.45) is 14.7. The van der Waals surface area contributed by atoms with Gasteiger partial charge < -0.3 is 5.11 Å². The Morgan fingerprint density at radius 1 is 0.952 bits per heavy atom. The third-order valence-corrected chi connectivity index (χ3v) is 5.39. The molecule has 0 aliphatic carbocycles. The molecular formula is C18H34NOS+. The molecule has 0 aliphatic heterocycles. The van der Waals surface area contributed by atoms with E-state index in [0.717, 1.165) is 13.0 Å². The van der Waals surface area contributed by atoms with Crippen LogP contribution in [0.3, 0.4) is 0 Å². The Labute approximate surface area is 135 Å². The number of unbranched alkanes of at least 4 members (excludes halogenated alkanes) is 9. The second-order valence-corrected chi connectivity index (χ2v) is 7.02. The lowest BCUT2D eigenvalue weighted by molar-refractivity contribution is -0.698. The number of nitrogens with zero attached hydrogens (tertiary/aromatic N) is 1. The lowest BCUT2D eigenvalue weighted by Gasteiger charge is -2.01. The molecular weight excluding hydrogens is 278 g/mol. The Morgan fingerprint density at radius 2 is 1.52 bits per heavy atom. The topological polar surface area (TPSA) is 24.1 Å². The monoisotopic (exact) mass is 312 g/mol. The highest BCUT2D eigenvalue weighted by Gasteiger charge is 2.13. The minimum Gasteiger partial charge on any atom is -0.396 e. The van der Waals surface area contributed by atoms with Gasteiger partial charge in [-0.2, -0.15) is 4.57 Å². The molecule has 0 saturated carbocycles. The van der Waals surface area contributed by atoms with Crippen LogP contribution in [0.15, 0.2) is 5.51 Å². The molecule has 0 aromatic carbocycles. The fourth-order valence-corrected chi connectivity index (χ4v) is 3.80.